The van der Waals surface area contributed by atoms with E-state index in [1.54, 1.807) is 0 Å². The van der Waals surface area contributed by atoms with Crippen LogP contribution in [0.15, 0.2) is 0 Å². The predicted molar refractivity (Wildman–Crippen MR) is 40.6 cm³/mol. The van der Waals surface area contributed by atoms with Gasteiger partial charge in [0.2, 0.25) is 0 Å². The first kappa shape index (κ1) is 7.73. The summed E-state index contributed by atoms with van der Waals surface area (Å²) in [5, 5.41) is 0. The molecule has 0 aliphatic heterocycles. The molecule has 1 saturated carbocycles. The van der Waals surface area contributed by atoms with Crippen LogP contribution in [0.1, 0.15) is 32.1 Å². The SMILES string of the molecule is N[C@H](C=O)CC1CCCC1. The van der Waals surface area contributed by atoms with Crippen molar-refractivity contribution in [2.75, 3.05) is 0 Å². The van der Waals surface area contributed by atoms with Crippen LogP contribution in [0, 0.1) is 5.92 Å². The summed E-state index contributed by atoms with van der Waals surface area (Å²) in [5.41, 5.74) is 5.48. The van der Waals surface area contributed by atoms with Gasteiger partial charge in [0, 0.05) is 0 Å². The Balaban J connectivity index is 2.17. The van der Waals surface area contributed by atoms with Gasteiger partial charge in [-0.05, 0) is 12.3 Å². The monoisotopic (exact) mass is 141 g/mol. The van der Waals surface area contributed by atoms with Crippen LogP contribution in [0.4, 0.5) is 0 Å². The topological polar surface area (TPSA) is 43.1 Å². The minimum absolute atomic E-state index is 0.205. The van der Waals surface area contributed by atoms with Gasteiger partial charge in [0.15, 0.2) is 0 Å². The number of hydrogen-bond acceptors (Lipinski definition) is 2. The summed E-state index contributed by atoms with van der Waals surface area (Å²) in [7, 11) is 0. The Bertz CT molecular complexity index is 108. The molecule has 0 aromatic heterocycles. The van der Waals surface area contributed by atoms with Gasteiger partial charge in [-0.2, -0.15) is 0 Å². The molecule has 0 spiro atoms. The van der Waals surface area contributed by atoms with Gasteiger partial charge in [0.25, 0.3) is 0 Å². The summed E-state index contributed by atoms with van der Waals surface area (Å²) >= 11 is 0. The smallest absolute Gasteiger partial charge is 0.136 e. The third-order valence-corrected chi connectivity index (χ3v) is 2.26. The van der Waals surface area contributed by atoms with E-state index in [9.17, 15) is 4.79 Å². The van der Waals surface area contributed by atoms with Crippen molar-refractivity contribution in [3.05, 3.63) is 0 Å². The molecular formula is C8H15NO. The van der Waals surface area contributed by atoms with Gasteiger partial charge in [-0.15, -0.1) is 0 Å². The Morgan fingerprint density at radius 1 is 1.50 bits per heavy atom. The Morgan fingerprint density at radius 2 is 2.10 bits per heavy atom. The molecule has 0 saturated heterocycles. The molecular weight excluding hydrogens is 126 g/mol. The second-order valence-electron chi connectivity index (χ2n) is 3.19. The minimum Gasteiger partial charge on any atom is -0.322 e. The van der Waals surface area contributed by atoms with E-state index in [0.717, 1.165) is 18.6 Å². The van der Waals surface area contributed by atoms with Crippen LogP contribution in [-0.4, -0.2) is 12.3 Å². The molecule has 0 heterocycles. The fourth-order valence-electron chi connectivity index (χ4n) is 1.69. The van der Waals surface area contributed by atoms with Gasteiger partial charge in [0.05, 0.1) is 6.04 Å². The molecule has 2 heteroatoms. The molecule has 2 N–H and O–H groups in total. The maximum Gasteiger partial charge on any atom is 0.136 e. The van der Waals surface area contributed by atoms with Crippen molar-refractivity contribution in [2.45, 2.75) is 38.1 Å². The van der Waals surface area contributed by atoms with Crippen molar-refractivity contribution < 1.29 is 4.79 Å². The third kappa shape index (κ3) is 2.10. The molecule has 0 aromatic carbocycles. The number of aldehydes is 1. The summed E-state index contributed by atoms with van der Waals surface area (Å²) in [6, 6.07) is -0.205. The predicted octanol–water partition coefficient (Wildman–Crippen LogP) is 1.09. The first-order chi connectivity index (χ1) is 4.83. The first-order valence-electron chi connectivity index (χ1n) is 4.04. The maximum absolute atomic E-state index is 10.2. The van der Waals surface area contributed by atoms with Crippen molar-refractivity contribution in [2.24, 2.45) is 11.7 Å². The van der Waals surface area contributed by atoms with Crippen LogP contribution in [-0.2, 0) is 4.79 Å². The highest BCUT2D eigenvalue weighted by Crippen LogP contribution is 2.27. The molecule has 1 aliphatic rings. The third-order valence-electron chi connectivity index (χ3n) is 2.26. The molecule has 0 bridgehead atoms. The van der Waals surface area contributed by atoms with Crippen molar-refractivity contribution in [1.82, 2.24) is 0 Å². The van der Waals surface area contributed by atoms with Crippen molar-refractivity contribution >= 4 is 6.29 Å². The van der Waals surface area contributed by atoms with Gasteiger partial charge in [-0.25, -0.2) is 0 Å². The lowest BCUT2D eigenvalue weighted by Gasteiger charge is -2.09. The van der Waals surface area contributed by atoms with E-state index < -0.39 is 0 Å². The summed E-state index contributed by atoms with van der Waals surface area (Å²) in [6.45, 7) is 0. The van der Waals surface area contributed by atoms with Gasteiger partial charge in [-0.1, -0.05) is 25.7 Å². The second kappa shape index (κ2) is 3.71. The molecule has 1 atom stereocenters. The summed E-state index contributed by atoms with van der Waals surface area (Å²) in [5.74, 6) is 0.736. The number of hydrogen-bond donors (Lipinski definition) is 1. The van der Waals surface area contributed by atoms with Crippen LogP contribution in [0.5, 0.6) is 0 Å². The molecule has 0 radical (unpaired) electrons. The highest BCUT2D eigenvalue weighted by Gasteiger charge is 2.17. The number of rotatable bonds is 3. The van der Waals surface area contributed by atoms with Crippen molar-refractivity contribution in [1.29, 1.82) is 0 Å². The normalized spacial score (nSPS) is 22.9. The highest BCUT2D eigenvalue weighted by atomic mass is 16.1. The fraction of sp³-hybridized carbons (Fsp3) is 0.875. The van der Waals surface area contributed by atoms with Crippen LogP contribution < -0.4 is 5.73 Å². The quantitative estimate of drug-likeness (QED) is 0.598. The van der Waals surface area contributed by atoms with Crippen LogP contribution >= 0.6 is 0 Å². The maximum atomic E-state index is 10.2. The molecule has 2 nitrogen and oxygen atoms in total. The van der Waals surface area contributed by atoms with E-state index in [-0.39, 0.29) is 6.04 Å². The molecule has 10 heavy (non-hydrogen) atoms. The summed E-state index contributed by atoms with van der Waals surface area (Å²) in [4.78, 5) is 10.2. The van der Waals surface area contributed by atoms with Crippen molar-refractivity contribution in [3.63, 3.8) is 0 Å². The van der Waals surface area contributed by atoms with E-state index >= 15 is 0 Å². The Hall–Kier alpha value is -0.370. The van der Waals surface area contributed by atoms with Crippen LogP contribution in [0.3, 0.4) is 0 Å². The molecule has 0 aromatic rings. The average molecular weight is 141 g/mol. The summed E-state index contributed by atoms with van der Waals surface area (Å²) in [6.07, 6.45) is 6.98. The van der Waals surface area contributed by atoms with Crippen LogP contribution in [0.2, 0.25) is 0 Å². The average Bonchev–Trinajstić information content (AvgIpc) is 2.40. The minimum atomic E-state index is -0.205. The molecule has 1 rings (SSSR count). The van der Waals surface area contributed by atoms with E-state index in [0.29, 0.717) is 0 Å². The zero-order chi connectivity index (χ0) is 7.40. The summed E-state index contributed by atoms with van der Waals surface area (Å²) < 4.78 is 0. The Kier molecular flexibility index (Phi) is 2.87. The molecule has 58 valence electrons. The van der Waals surface area contributed by atoms with Gasteiger partial charge in [0.1, 0.15) is 6.29 Å². The second-order valence-corrected chi connectivity index (χ2v) is 3.19. The largest absolute Gasteiger partial charge is 0.322 e. The number of carbonyl (C=O) groups excluding carboxylic acids is 1. The molecule has 1 fully saturated rings. The number of nitrogens with two attached hydrogens (primary N) is 1. The van der Waals surface area contributed by atoms with Gasteiger partial charge < -0.3 is 10.5 Å². The number of carbonyl (C=O) groups is 1. The molecule has 1 aliphatic carbocycles. The van der Waals surface area contributed by atoms with E-state index in [1.165, 1.54) is 25.7 Å². The standard InChI is InChI=1S/C8H15NO/c9-8(6-10)5-7-3-1-2-4-7/h6-8H,1-5,9H2/t8-/m0/s1. The highest BCUT2D eigenvalue weighted by molar-refractivity contribution is 5.56. The van der Waals surface area contributed by atoms with Crippen molar-refractivity contribution in [3.8, 4) is 0 Å². The van der Waals surface area contributed by atoms with E-state index in [4.69, 9.17) is 5.73 Å². The molecule has 0 amide bonds. The fourth-order valence-corrected chi connectivity index (χ4v) is 1.69. The lowest BCUT2D eigenvalue weighted by Crippen LogP contribution is -2.23. The zero-order valence-electron chi connectivity index (χ0n) is 6.25. The van der Waals surface area contributed by atoms with Gasteiger partial charge in [-0.3, -0.25) is 0 Å². The lowest BCUT2D eigenvalue weighted by molar-refractivity contribution is -0.109. The van der Waals surface area contributed by atoms with Gasteiger partial charge >= 0.3 is 0 Å². The lowest BCUT2D eigenvalue weighted by atomic mass is 10.00. The first-order valence-corrected chi connectivity index (χ1v) is 4.04. The Morgan fingerprint density at radius 3 is 2.60 bits per heavy atom. The van der Waals surface area contributed by atoms with E-state index in [2.05, 4.69) is 0 Å². The molecule has 0 unspecified atom stereocenters. The Labute approximate surface area is 61.8 Å². The zero-order valence-corrected chi connectivity index (χ0v) is 6.25. The van der Waals surface area contributed by atoms with Crippen LogP contribution in [0.25, 0.3) is 0 Å². The van der Waals surface area contributed by atoms with E-state index in [1.807, 2.05) is 0 Å².